The summed E-state index contributed by atoms with van der Waals surface area (Å²) in [5.41, 5.74) is 0. The van der Waals surface area contributed by atoms with Crippen molar-refractivity contribution in [3.05, 3.63) is 60.8 Å². The van der Waals surface area contributed by atoms with Gasteiger partial charge in [0.25, 0.3) is 0 Å². The molecule has 0 saturated carbocycles. The lowest BCUT2D eigenvalue weighted by molar-refractivity contribution is -0.151. The lowest BCUT2D eigenvalue weighted by Crippen LogP contribution is -2.46. The van der Waals surface area contributed by atoms with E-state index in [0.717, 1.165) is 96.3 Å². The maximum atomic E-state index is 13.3. The minimum Gasteiger partial charge on any atom is -0.462 e. The molecule has 408 valence electrons. The summed E-state index contributed by atoms with van der Waals surface area (Å²) in [6.45, 7) is 6.47. The van der Waals surface area contributed by atoms with Crippen LogP contribution in [0, 0.1) is 0 Å². The molecular formula is C64H117NO5. The van der Waals surface area contributed by atoms with Gasteiger partial charge in [0.15, 0.2) is 0 Å². The average molecular weight is 981 g/mol. The zero-order valence-electron chi connectivity index (χ0n) is 46.7. The fraction of sp³-hybridized carbons (Fsp3) is 0.812. The SMILES string of the molecule is CCCCC/C=C/C=C/C=C/C=C/CCCCCCCC(=O)OC(CCCCC/C=C/CCCCCCCCCCC)CC(=O)NC(CO)C(O)CCCCCCCCCCCCCCCCCCC. The molecule has 1 amide bonds. The highest BCUT2D eigenvalue weighted by atomic mass is 16.5. The molecule has 0 aromatic rings. The second-order valence-corrected chi connectivity index (χ2v) is 20.8. The minimum atomic E-state index is -0.799. The zero-order valence-corrected chi connectivity index (χ0v) is 46.7. The molecular weight excluding hydrogens is 863 g/mol. The fourth-order valence-corrected chi connectivity index (χ4v) is 9.26. The van der Waals surface area contributed by atoms with Gasteiger partial charge >= 0.3 is 5.97 Å². The second kappa shape index (κ2) is 57.5. The van der Waals surface area contributed by atoms with Gasteiger partial charge in [-0.3, -0.25) is 9.59 Å². The van der Waals surface area contributed by atoms with Crippen LogP contribution in [0.3, 0.4) is 0 Å². The van der Waals surface area contributed by atoms with E-state index in [-0.39, 0.29) is 24.9 Å². The van der Waals surface area contributed by atoms with Crippen LogP contribution in [0.4, 0.5) is 0 Å². The topological polar surface area (TPSA) is 95.9 Å². The first-order valence-electron chi connectivity index (χ1n) is 30.6. The largest absolute Gasteiger partial charge is 0.462 e. The van der Waals surface area contributed by atoms with Crippen LogP contribution in [0.25, 0.3) is 0 Å². The van der Waals surface area contributed by atoms with E-state index in [9.17, 15) is 19.8 Å². The Bertz CT molecular complexity index is 1240. The number of nitrogens with one attached hydrogen (secondary N) is 1. The summed E-state index contributed by atoms with van der Waals surface area (Å²) in [6.07, 6.45) is 72.8. The molecule has 3 atom stereocenters. The van der Waals surface area contributed by atoms with Crippen molar-refractivity contribution in [3.63, 3.8) is 0 Å². The normalized spacial score (nSPS) is 13.5. The molecule has 0 aromatic carbocycles. The number of rotatable bonds is 55. The Kier molecular flexibility index (Phi) is 55.5. The first-order chi connectivity index (χ1) is 34.5. The summed E-state index contributed by atoms with van der Waals surface area (Å²) in [7, 11) is 0. The number of esters is 1. The van der Waals surface area contributed by atoms with E-state index in [0.29, 0.717) is 19.3 Å². The van der Waals surface area contributed by atoms with Crippen molar-refractivity contribution in [1.29, 1.82) is 0 Å². The molecule has 70 heavy (non-hydrogen) atoms. The Morgan fingerprint density at radius 3 is 1.19 bits per heavy atom. The highest BCUT2D eigenvalue weighted by Gasteiger charge is 2.24. The van der Waals surface area contributed by atoms with Crippen LogP contribution in [-0.2, 0) is 14.3 Å². The van der Waals surface area contributed by atoms with Gasteiger partial charge in [-0.15, -0.1) is 0 Å². The molecule has 0 saturated heterocycles. The van der Waals surface area contributed by atoms with Crippen LogP contribution in [0.2, 0.25) is 0 Å². The van der Waals surface area contributed by atoms with Crippen molar-refractivity contribution >= 4 is 11.9 Å². The molecule has 3 unspecified atom stereocenters. The maximum absolute atomic E-state index is 13.3. The van der Waals surface area contributed by atoms with Crippen molar-refractivity contribution in [2.24, 2.45) is 0 Å². The molecule has 0 bridgehead atoms. The molecule has 0 fully saturated rings. The number of aliphatic hydroxyl groups is 2. The predicted molar refractivity (Wildman–Crippen MR) is 305 cm³/mol. The molecule has 3 N–H and O–H groups in total. The Morgan fingerprint density at radius 2 is 0.743 bits per heavy atom. The van der Waals surface area contributed by atoms with Crippen LogP contribution in [0.5, 0.6) is 0 Å². The van der Waals surface area contributed by atoms with Gasteiger partial charge < -0.3 is 20.3 Å². The monoisotopic (exact) mass is 980 g/mol. The number of ether oxygens (including phenoxy) is 1. The van der Waals surface area contributed by atoms with Crippen molar-refractivity contribution in [3.8, 4) is 0 Å². The van der Waals surface area contributed by atoms with Crippen LogP contribution < -0.4 is 5.32 Å². The summed E-state index contributed by atoms with van der Waals surface area (Å²) in [5.74, 6) is -0.505. The number of amides is 1. The minimum absolute atomic E-state index is 0.0574. The van der Waals surface area contributed by atoms with Gasteiger partial charge in [0.1, 0.15) is 6.10 Å². The van der Waals surface area contributed by atoms with Gasteiger partial charge in [-0.1, -0.05) is 281 Å². The quantitative estimate of drug-likeness (QED) is 0.0244. The number of hydrogen-bond acceptors (Lipinski definition) is 5. The summed E-state index contributed by atoms with van der Waals surface area (Å²) in [6, 6.07) is -0.714. The summed E-state index contributed by atoms with van der Waals surface area (Å²) in [4.78, 5) is 26.3. The number of carbonyl (C=O) groups is 2. The number of carbonyl (C=O) groups excluding carboxylic acids is 2. The van der Waals surface area contributed by atoms with Crippen molar-refractivity contribution in [2.45, 2.75) is 328 Å². The van der Waals surface area contributed by atoms with E-state index < -0.39 is 18.2 Å². The highest BCUT2D eigenvalue weighted by molar-refractivity contribution is 5.77. The van der Waals surface area contributed by atoms with Gasteiger partial charge in [-0.2, -0.15) is 0 Å². The third-order valence-electron chi connectivity index (χ3n) is 13.9. The molecule has 0 aliphatic carbocycles. The smallest absolute Gasteiger partial charge is 0.306 e. The summed E-state index contributed by atoms with van der Waals surface area (Å²) >= 11 is 0. The Balaban J connectivity index is 4.60. The van der Waals surface area contributed by atoms with E-state index in [4.69, 9.17) is 4.74 Å². The molecule has 0 heterocycles. The molecule has 0 rings (SSSR count). The Hall–Kier alpha value is -2.44. The number of allylic oxidation sites excluding steroid dienone is 10. The molecule has 0 spiro atoms. The number of unbranched alkanes of at least 4 members (excludes halogenated alkanes) is 36. The Morgan fingerprint density at radius 1 is 0.414 bits per heavy atom. The van der Waals surface area contributed by atoms with Crippen LogP contribution in [0.15, 0.2) is 60.8 Å². The number of hydrogen-bond donors (Lipinski definition) is 3. The average Bonchev–Trinajstić information content (AvgIpc) is 3.35. The van der Waals surface area contributed by atoms with Crippen molar-refractivity contribution in [1.82, 2.24) is 5.32 Å². The van der Waals surface area contributed by atoms with Gasteiger partial charge in [0, 0.05) is 6.42 Å². The first-order valence-corrected chi connectivity index (χ1v) is 30.6. The van der Waals surface area contributed by atoms with E-state index in [1.807, 2.05) is 0 Å². The lowest BCUT2D eigenvalue weighted by atomic mass is 10.0. The maximum Gasteiger partial charge on any atom is 0.306 e. The van der Waals surface area contributed by atoms with Gasteiger partial charge in [0.05, 0.1) is 25.2 Å². The van der Waals surface area contributed by atoms with Gasteiger partial charge in [-0.05, 0) is 77.0 Å². The lowest BCUT2D eigenvalue weighted by Gasteiger charge is -2.24. The molecule has 6 heteroatoms. The van der Waals surface area contributed by atoms with Crippen LogP contribution in [0.1, 0.15) is 310 Å². The Labute approximate surface area is 435 Å². The van der Waals surface area contributed by atoms with E-state index >= 15 is 0 Å². The van der Waals surface area contributed by atoms with Gasteiger partial charge in [0.2, 0.25) is 5.91 Å². The van der Waals surface area contributed by atoms with Crippen molar-refractivity contribution in [2.75, 3.05) is 6.61 Å². The fourth-order valence-electron chi connectivity index (χ4n) is 9.26. The summed E-state index contributed by atoms with van der Waals surface area (Å²) in [5, 5.41) is 23.9. The van der Waals surface area contributed by atoms with Crippen molar-refractivity contribution < 1.29 is 24.5 Å². The third-order valence-corrected chi connectivity index (χ3v) is 13.9. The zero-order chi connectivity index (χ0) is 50.9. The highest BCUT2D eigenvalue weighted by Crippen LogP contribution is 2.18. The molecule has 0 aliphatic heterocycles. The summed E-state index contributed by atoms with van der Waals surface area (Å²) < 4.78 is 5.96. The van der Waals surface area contributed by atoms with Crippen LogP contribution >= 0.6 is 0 Å². The number of aliphatic hydroxyl groups excluding tert-OH is 2. The predicted octanol–water partition coefficient (Wildman–Crippen LogP) is 19.1. The third kappa shape index (κ3) is 51.9. The van der Waals surface area contributed by atoms with E-state index in [1.54, 1.807) is 0 Å². The molecule has 6 nitrogen and oxygen atoms in total. The molecule has 0 aromatic heterocycles. The van der Waals surface area contributed by atoms with E-state index in [1.165, 1.54) is 167 Å². The first kappa shape index (κ1) is 67.6. The molecule has 0 radical (unpaired) electrons. The van der Waals surface area contributed by atoms with Gasteiger partial charge in [-0.25, -0.2) is 0 Å². The second-order valence-electron chi connectivity index (χ2n) is 20.8. The van der Waals surface area contributed by atoms with E-state index in [2.05, 4.69) is 86.8 Å². The standard InChI is InChI=1S/C64H117NO5/c1-4-7-10-13-16-19-22-25-28-31-33-36-39-42-45-48-51-54-57-64(69)70-60(55-52-49-46-43-40-37-34-30-27-24-21-18-15-12-9-6-3)58-63(68)65-61(59-66)62(67)56-53-50-47-44-41-38-35-32-29-26-23-20-17-14-11-8-5-2/h16,19,22,25,28,31,33,36-37,40,60-62,66-67H,4-15,17-18,20-21,23-24,26-27,29-30,32,34-35,38-39,41-59H2,1-3H3,(H,65,68)/b19-16+,25-22+,31-28+,36-33+,40-37+. The molecule has 0 aliphatic rings. The van der Waals surface area contributed by atoms with Crippen LogP contribution in [-0.4, -0.2) is 46.9 Å².